The molecule has 0 aliphatic rings. The van der Waals surface area contributed by atoms with Crippen LogP contribution in [0, 0.1) is 0 Å². The van der Waals surface area contributed by atoms with Crippen molar-refractivity contribution in [1.82, 2.24) is 4.98 Å². The molecule has 94 valence electrons. The number of fused-ring (bicyclic) bond motifs is 1. The maximum atomic E-state index is 11.7. The van der Waals surface area contributed by atoms with E-state index in [0.717, 1.165) is 30.9 Å². The lowest BCUT2D eigenvalue weighted by molar-refractivity contribution is -0.115. The van der Waals surface area contributed by atoms with Crippen LogP contribution in [-0.4, -0.2) is 15.3 Å². The van der Waals surface area contributed by atoms with Crippen molar-refractivity contribution in [3.63, 3.8) is 0 Å². The van der Waals surface area contributed by atoms with Crippen LogP contribution in [-0.2, 0) is 9.22 Å². The molecular weight excluding hydrogens is 454 g/mol. The number of nitrogens with zero attached hydrogens (tertiary/aromatic N) is 1. The highest BCUT2D eigenvalue weighted by Gasteiger charge is 2.09. The number of hydrogen-bond donors (Lipinski definition) is 1. The molecule has 1 heterocycles. The zero-order chi connectivity index (χ0) is 13.0. The smallest absolute Gasteiger partial charge is 0.225 e. The second-order valence-corrected chi connectivity index (χ2v) is 5.65. The summed E-state index contributed by atoms with van der Waals surface area (Å²) in [5, 5.41) is 5.25. The highest BCUT2D eigenvalue weighted by molar-refractivity contribution is 14.1. The number of nitrogens with one attached hydrogen (secondary N) is 1. The Labute approximate surface area is 133 Å². The van der Waals surface area contributed by atoms with Crippen molar-refractivity contribution in [1.29, 1.82) is 0 Å². The van der Waals surface area contributed by atoms with Gasteiger partial charge in [0, 0.05) is 38.7 Å². The Balaban J connectivity index is 2.41. The van der Waals surface area contributed by atoms with Crippen molar-refractivity contribution >= 4 is 67.5 Å². The molecule has 1 aromatic carbocycles. The molecule has 1 aromatic heterocycles. The highest BCUT2D eigenvalue weighted by Crippen LogP contribution is 2.28. The van der Waals surface area contributed by atoms with Crippen LogP contribution in [0.2, 0.25) is 0 Å². The number of aromatic nitrogens is 1. The number of rotatable bonds is 4. The lowest BCUT2D eigenvalue weighted by Crippen LogP contribution is -2.13. The number of benzene rings is 1. The zero-order valence-electron chi connectivity index (χ0n) is 9.62. The van der Waals surface area contributed by atoms with Crippen LogP contribution in [0.3, 0.4) is 0 Å². The molecule has 2 rings (SSSR count). The lowest BCUT2D eigenvalue weighted by atomic mass is 10.1. The van der Waals surface area contributed by atoms with E-state index in [4.69, 9.17) is 0 Å². The Morgan fingerprint density at radius 2 is 2.11 bits per heavy atom. The van der Waals surface area contributed by atoms with Gasteiger partial charge in [-0.05, 0) is 23.1 Å². The average molecular weight is 466 g/mol. The first-order valence-corrected chi connectivity index (χ1v) is 8.58. The van der Waals surface area contributed by atoms with Gasteiger partial charge in [0.25, 0.3) is 0 Å². The molecule has 2 aromatic rings. The maximum absolute atomic E-state index is 11.7. The molecule has 0 unspecified atom stereocenters. The fourth-order valence-corrected chi connectivity index (χ4v) is 3.10. The van der Waals surface area contributed by atoms with Gasteiger partial charge < -0.3 is 5.32 Å². The van der Waals surface area contributed by atoms with Gasteiger partial charge in [0.05, 0.1) is 0 Å². The molecule has 0 atom stereocenters. The van der Waals surface area contributed by atoms with Gasteiger partial charge in [-0.1, -0.05) is 51.2 Å². The van der Waals surface area contributed by atoms with Crippen LogP contribution in [0.15, 0.2) is 30.6 Å². The minimum Gasteiger partial charge on any atom is -0.326 e. The lowest BCUT2D eigenvalue weighted by Gasteiger charge is -2.11. The van der Waals surface area contributed by atoms with E-state index in [1.54, 1.807) is 6.20 Å². The third kappa shape index (κ3) is 3.11. The van der Waals surface area contributed by atoms with Gasteiger partial charge in [-0.15, -0.1) is 0 Å². The molecule has 5 heteroatoms. The van der Waals surface area contributed by atoms with Crippen LogP contribution < -0.4 is 5.32 Å². The average Bonchev–Trinajstić information content (AvgIpc) is 2.38. The van der Waals surface area contributed by atoms with E-state index in [0.29, 0.717) is 6.42 Å². The summed E-state index contributed by atoms with van der Waals surface area (Å²) in [4.78, 5) is 15.8. The second kappa shape index (κ2) is 6.65. The third-order valence-corrected chi connectivity index (χ3v) is 3.96. The Bertz CT molecular complexity index is 572. The van der Waals surface area contributed by atoms with Crippen molar-refractivity contribution in [2.45, 2.75) is 10.8 Å². The van der Waals surface area contributed by atoms with E-state index in [1.807, 2.05) is 24.4 Å². The molecule has 0 aliphatic carbocycles. The number of halogens is 2. The fraction of sp³-hybridized carbons (Fsp3) is 0.231. The zero-order valence-corrected chi connectivity index (χ0v) is 13.9. The highest BCUT2D eigenvalue weighted by atomic mass is 127. The van der Waals surface area contributed by atoms with Crippen LogP contribution in [0.5, 0.6) is 0 Å². The van der Waals surface area contributed by atoms with Crippen LogP contribution in [0.25, 0.3) is 10.8 Å². The number of hydrogen-bond acceptors (Lipinski definition) is 2. The second-order valence-electron chi connectivity index (χ2n) is 3.81. The van der Waals surface area contributed by atoms with Crippen molar-refractivity contribution in [2.75, 3.05) is 9.74 Å². The van der Waals surface area contributed by atoms with E-state index >= 15 is 0 Å². The Morgan fingerprint density at radius 1 is 1.28 bits per heavy atom. The summed E-state index contributed by atoms with van der Waals surface area (Å²) >= 11 is 4.53. The number of pyridine rings is 1. The summed E-state index contributed by atoms with van der Waals surface area (Å²) < 4.78 is 1.69. The largest absolute Gasteiger partial charge is 0.326 e. The van der Waals surface area contributed by atoms with E-state index in [2.05, 4.69) is 55.5 Å². The van der Waals surface area contributed by atoms with E-state index in [9.17, 15) is 4.79 Å². The first-order valence-electron chi connectivity index (χ1n) is 5.53. The summed E-state index contributed by atoms with van der Waals surface area (Å²) in [6.07, 6.45) is 4.19. The third-order valence-electron chi connectivity index (χ3n) is 2.66. The number of anilines is 1. The maximum Gasteiger partial charge on any atom is 0.225 e. The van der Waals surface area contributed by atoms with Crippen molar-refractivity contribution in [2.24, 2.45) is 0 Å². The van der Waals surface area contributed by atoms with Gasteiger partial charge in [0.2, 0.25) is 5.91 Å². The summed E-state index contributed by atoms with van der Waals surface area (Å²) in [6.45, 7) is 0. The van der Waals surface area contributed by atoms with Gasteiger partial charge in [-0.3, -0.25) is 9.78 Å². The summed E-state index contributed by atoms with van der Waals surface area (Å²) in [6, 6.07) is 5.96. The molecule has 0 spiro atoms. The Hall–Kier alpha value is -0.440. The monoisotopic (exact) mass is 466 g/mol. The normalized spacial score (nSPS) is 10.6. The summed E-state index contributed by atoms with van der Waals surface area (Å²) in [7, 11) is 0. The molecule has 18 heavy (non-hydrogen) atoms. The number of carbonyl (C=O) groups excluding carboxylic acids is 1. The molecule has 0 saturated heterocycles. The van der Waals surface area contributed by atoms with Crippen LogP contribution in [0.4, 0.5) is 5.69 Å². The molecule has 0 radical (unpaired) electrons. The first kappa shape index (κ1) is 14.0. The van der Waals surface area contributed by atoms with E-state index < -0.39 is 0 Å². The molecule has 0 saturated carbocycles. The van der Waals surface area contributed by atoms with Gasteiger partial charge in [-0.2, -0.15) is 0 Å². The minimum atomic E-state index is 0.0731. The van der Waals surface area contributed by atoms with Crippen molar-refractivity contribution in [3.8, 4) is 0 Å². The SMILES string of the molecule is O=C(CCI)Nc1ccc2cnccc2c1CI. The molecular formula is C13H12I2N2O. The fourth-order valence-electron chi connectivity index (χ4n) is 1.79. The van der Waals surface area contributed by atoms with E-state index in [-0.39, 0.29) is 5.91 Å². The number of amides is 1. The van der Waals surface area contributed by atoms with Gasteiger partial charge in [0.15, 0.2) is 0 Å². The first-order chi connectivity index (χ1) is 8.76. The number of alkyl halides is 2. The predicted molar refractivity (Wildman–Crippen MR) is 91.6 cm³/mol. The summed E-state index contributed by atoms with van der Waals surface area (Å²) in [5.74, 6) is 0.0731. The Kier molecular flexibility index (Phi) is 5.16. The predicted octanol–water partition coefficient (Wildman–Crippen LogP) is 3.93. The van der Waals surface area contributed by atoms with Gasteiger partial charge in [0.1, 0.15) is 0 Å². The van der Waals surface area contributed by atoms with E-state index in [1.165, 1.54) is 0 Å². The number of carbonyl (C=O) groups is 1. The Morgan fingerprint density at radius 3 is 2.83 bits per heavy atom. The van der Waals surface area contributed by atoms with Gasteiger partial charge >= 0.3 is 0 Å². The molecule has 0 aliphatic heterocycles. The molecule has 3 nitrogen and oxygen atoms in total. The van der Waals surface area contributed by atoms with Crippen molar-refractivity contribution < 1.29 is 4.79 Å². The van der Waals surface area contributed by atoms with Crippen LogP contribution >= 0.6 is 45.2 Å². The van der Waals surface area contributed by atoms with Crippen molar-refractivity contribution in [3.05, 3.63) is 36.2 Å². The molecule has 0 bridgehead atoms. The van der Waals surface area contributed by atoms with Gasteiger partial charge in [-0.25, -0.2) is 0 Å². The van der Waals surface area contributed by atoms with Crippen LogP contribution in [0.1, 0.15) is 12.0 Å². The molecule has 1 amide bonds. The molecule has 1 N–H and O–H groups in total. The molecule has 0 fully saturated rings. The quantitative estimate of drug-likeness (QED) is 0.549. The summed E-state index contributed by atoms with van der Waals surface area (Å²) in [5.41, 5.74) is 2.08. The topological polar surface area (TPSA) is 42.0 Å². The standard InChI is InChI=1S/C13H12I2N2O/c14-5-3-13(18)17-12-2-1-9-8-16-6-4-10(9)11(12)7-15/h1-2,4,6,8H,3,5,7H2,(H,17,18). The minimum absolute atomic E-state index is 0.0731.